The number of nitrogens with two attached hydrogens (primary N) is 1. The van der Waals surface area contributed by atoms with Crippen LogP contribution in [0.1, 0.15) is 23.2 Å². The Bertz CT molecular complexity index is 484. The van der Waals surface area contributed by atoms with Crippen LogP contribution in [0.5, 0.6) is 5.75 Å². The Balaban J connectivity index is 2.03. The van der Waals surface area contributed by atoms with Crippen molar-refractivity contribution in [1.82, 2.24) is 5.32 Å². The van der Waals surface area contributed by atoms with Crippen LogP contribution in [0.25, 0.3) is 0 Å². The molecular formula is C14H20N2O4. The Kier molecular flexibility index (Phi) is 4.46. The molecule has 1 heterocycles. The number of hydrogen-bond donors (Lipinski definition) is 3. The summed E-state index contributed by atoms with van der Waals surface area (Å²) in [5.74, 6) is 0.0398. The summed E-state index contributed by atoms with van der Waals surface area (Å²) >= 11 is 0. The van der Waals surface area contributed by atoms with E-state index in [0.29, 0.717) is 43.1 Å². The molecule has 1 aromatic carbocycles. The van der Waals surface area contributed by atoms with Crippen LogP contribution in [0.4, 0.5) is 5.69 Å². The van der Waals surface area contributed by atoms with Crippen molar-refractivity contribution < 1.29 is 19.4 Å². The zero-order valence-electron chi connectivity index (χ0n) is 11.5. The molecule has 0 saturated carbocycles. The van der Waals surface area contributed by atoms with Gasteiger partial charge in [-0.1, -0.05) is 6.07 Å². The fourth-order valence-corrected chi connectivity index (χ4v) is 2.23. The highest BCUT2D eigenvalue weighted by atomic mass is 16.5. The molecule has 0 unspecified atom stereocenters. The molecule has 1 aromatic rings. The first-order valence-corrected chi connectivity index (χ1v) is 6.56. The van der Waals surface area contributed by atoms with Crippen LogP contribution in [0.15, 0.2) is 18.2 Å². The van der Waals surface area contributed by atoms with Crippen molar-refractivity contribution in [3.8, 4) is 5.75 Å². The van der Waals surface area contributed by atoms with Gasteiger partial charge in [0.25, 0.3) is 5.91 Å². The molecule has 4 N–H and O–H groups in total. The lowest BCUT2D eigenvalue weighted by atomic mass is 9.94. The van der Waals surface area contributed by atoms with Gasteiger partial charge in [0.15, 0.2) is 5.75 Å². The Morgan fingerprint density at radius 1 is 1.50 bits per heavy atom. The predicted octanol–water partition coefficient (Wildman–Crippen LogP) is 0.549. The summed E-state index contributed by atoms with van der Waals surface area (Å²) in [6.07, 6.45) is 1.03. The van der Waals surface area contributed by atoms with E-state index in [4.69, 9.17) is 15.2 Å². The fraction of sp³-hybridized carbons (Fsp3) is 0.500. The van der Waals surface area contributed by atoms with Gasteiger partial charge in [0.2, 0.25) is 0 Å². The number of carbonyl (C=O) groups excluding carboxylic acids is 1. The third-order valence-electron chi connectivity index (χ3n) is 3.50. The average molecular weight is 280 g/mol. The number of para-hydroxylation sites is 1. The molecule has 1 aliphatic rings. The number of anilines is 1. The largest absolute Gasteiger partial charge is 0.494 e. The third kappa shape index (κ3) is 3.20. The van der Waals surface area contributed by atoms with Gasteiger partial charge < -0.3 is 25.6 Å². The van der Waals surface area contributed by atoms with E-state index in [1.54, 1.807) is 18.2 Å². The van der Waals surface area contributed by atoms with Gasteiger partial charge in [-0.05, 0) is 12.1 Å². The van der Waals surface area contributed by atoms with Gasteiger partial charge in [-0.25, -0.2) is 0 Å². The SMILES string of the molecule is COc1c(N)cccc1C(=O)NCC1(O)CCOCC1. The predicted molar refractivity (Wildman–Crippen MR) is 74.7 cm³/mol. The van der Waals surface area contributed by atoms with E-state index >= 15 is 0 Å². The van der Waals surface area contributed by atoms with Gasteiger partial charge in [0.05, 0.1) is 24.0 Å². The van der Waals surface area contributed by atoms with E-state index in [0.717, 1.165) is 0 Å². The van der Waals surface area contributed by atoms with Gasteiger partial charge in [0, 0.05) is 32.6 Å². The highest BCUT2D eigenvalue weighted by molar-refractivity contribution is 5.98. The topological polar surface area (TPSA) is 93.8 Å². The smallest absolute Gasteiger partial charge is 0.255 e. The van der Waals surface area contributed by atoms with Crippen LogP contribution in [0.2, 0.25) is 0 Å². The number of nitrogen functional groups attached to an aromatic ring is 1. The number of benzene rings is 1. The first-order chi connectivity index (χ1) is 9.56. The van der Waals surface area contributed by atoms with Gasteiger partial charge >= 0.3 is 0 Å². The summed E-state index contributed by atoms with van der Waals surface area (Å²) in [5, 5.41) is 13.0. The van der Waals surface area contributed by atoms with Crippen molar-refractivity contribution in [3.05, 3.63) is 23.8 Å². The lowest BCUT2D eigenvalue weighted by molar-refractivity contribution is -0.0605. The first kappa shape index (κ1) is 14.6. The van der Waals surface area contributed by atoms with Crippen molar-refractivity contribution >= 4 is 11.6 Å². The summed E-state index contributed by atoms with van der Waals surface area (Å²) in [7, 11) is 1.47. The number of ether oxygens (including phenoxy) is 2. The molecule has 1 saturated heterocycles. The molecule has 0 aliphatic carbocycles. The maximum Gasteiger partial charge on any atom is 0.255 e. The number of rotatable bonds is 4. The number of amides is 1. The second-order valence-electron chi connectivity index (χ2n) is 4.95. The van der Waals surface area contributed by atoms with E-state index in [1.165, 1.54) is 7.11 Å². The van der Waals surface area contributed by atoms with E-state index in [2.05, 4.69) is 5.32 Å². The molecule has 1 amide bonds. The van der Waals surface area contributed by atoms with Crippen molar-refractivity contribution in [1.29, 1.82) is 0 Å². The minimum atomic E-state index is -0.901. The van der Waals surface area contributed by atoms with Gasteiger partial charge in [-0.15, -0.1) is 0 Å². The van der Waals surface area contributed by atoms with Crippen LogP contribution >= 0.6 is 0 Å². The highest BCUT2D eigenvalue weighted by Gasteiger charge is 2.30. The van der Waals surface area contributed by atoms with Crippen LogP contribution in [-0.2, 0) is 4.74 Å². The Morgan fingerprint density at radius 2 is 2.20 bits per heavy atom. The van der Waals surface area contributed by atoms with E-state index in [9.17, 15) is 9.90 Å². The van der Waals surface area contributed by atoms with Crippen molar-refractivity contribution in [2.75, 3.05) is 32.6 Å². The number of aliphatic hydroxyl groups is 1. The van der Waals surface area contributed by atoms with Gasteiger partial charge in [-0.3, -0.25) is 4.79 Å². The molecule has 0 aromatic heterocycles. The van der Waals surface area contributed by atoms with E-state index in [1.807, 2.05) is 0 Å². The van der Waals surface area contributed by atoms with Crippen molar-refractivity contribution in [2.24, 2.45) is 0 Å². The quantitative estimate of drug-likeness (QED) is 0.700. The molecule has 1 fully saturated rings. The first-order valence-electron chi connectivity index (χ1n) is 6.56. The number of nitrogens with one attached hydrogen (secondary N) is 1. The summed E-state index contributed by atoms with van der Waals surface area (Å²) in [5.41, 5.74) is 5.63. The molecule has 110 valence electrons. The molecule has 0 bridgehead atoms. The Morgan fingerprint density at radius 3 is 2.85 bits per heavy atom. The summed E-state index contributed by atoms with van der Waals surface area (Å²) in [6.45, 7) is 1.20. The Labute approximate surface area is 117 Å². The standard InChI is InChI=1S/C14H20N2O4/c1-19-12-10(3-2-4-11(12)15)13(17)16-9-14(18)5-7-20-8-6-14/h2-4,18H,5-9,15H2,1H3,(H,16,17). The zero-order chi connectivity index (χ0) is 14.6. The Hall–Kier alpha value is -1.79. The summed E-state index contributed by atoms with van der Waals surface area (Å²) < 4.78 is 10.3. The number of methoxy groups -OCH3 is 1. The normalized spacial score (nSPS) is 17.5. The molecular weight excluding hydrogens is 260 g/mol. The van der Waals surface area contributed by atoms with Crippen LogP contribution in [0.3, 0.4) is 0 Å². The molecule has 0 radical (unpaired) electrons. The average Bonchev–Trinajstić information content (AvgIpc) is 2.45. The van der Waals surface area contributed by atoms with E-state index in [-0.39, 0.29) is 12.5 Å². The maximum atomic E-state index is 12.2. The molecule has 6 nitrogen and oxygen atoms in total. The van der Waals surface area contributed by atoms with Crippen LogP contribution in [0, 0.1) is 0 Å². The zero-order valence-corrected chi connectivity index (χ0v) is 11.5. The monoisotopic (exact) mass is 280 g/mol. The van der Waals surface area contributed by atoms with E-state index < -0.39 is 5.60 Å². The fourth-order valence-electron chi connectivity index (χ4n) is 2.23. The molecule has 0 spiro atoms. The van der Waals surface area contributed by atoms with Crippen LogP contribution in [-0.4, -0.2) is 43.5 Å². The third-order valence-corrected chi connectivity index (χ3v) is 3.50. The lowest BCUT2D eigenvalue weighted by Gasteiger charge is -2.32. The number of carbonyl (C=O) groups is 1. The molecule has 20 heavy (non-hydrogen) atoms. The van der Waals surface area contributed by atoms with Crippen molar-refractivity contribution in [2.45, 2.75) is 18.4 Å². The summed E-state index contributed by atoms with van der Waals surface area (Å²) in [6, 6.07) is 5.00. The number of hydrogen-bond acceptors (Lipinski definition) is 5. The lowest BCUT2D eigenvalue weighted by Crippen LogP contribution is -2.46. The molecule has 6 heteroatoms. The van der Waals surface area contributed by atoms with Gasteiger partial charge in [0.1, 0.15) is 0 Å². The maximum absolute atomic E-state index is 12.2. The minimum Gasteiger partial charge on any atom is -0.494 e. The minimum absolute atomic E-state index is 0.188. The van der Waals surface area contributed by atoms with Crippen molar-refractivity contribution in [3.63, 3.8) is 0 Å². The van der Waals surface area contributed by atoms with Gasteiger partial charge in [-0.2, -0.15) is 0 Å². The second-order valence-corrected chi connectivity index (χ2v) is 4.95. The van der Waals surface area contributed by atoms with Crippen LogP contribution < -0.4 is 15.8 Å². The molecule has 0 atom stereocenters. The molecule has 2 rings (SSSR count). The second kappa shape index (κ2) is 6.11. The highest BCUT2D eigenvalue weighted by Crippen LogP contribution is 2.26. The summed E-state index contributed by atoms with van der Waals surface area (Å²) in [4.78, 5) is 12.2. The molecule has 1 aliphatic heterocycles.